The second-order valence-electron chi connectivity index (χ2n) is 6.34. The maximum atomic E-state index is 12.5. The van der Waals surface area contributed by atoms with Crippen molar-refractivity contribution < 1.29 is 19.2 Å². The van der Waals surface area contributed by atoms with Crippen molar-refractivity contribution in [2.75, 3.05) is 18.8 Å². The van der Waals surface area contributed by atoms with Gasteiger partial charge in [0.2, 0.25) is 6.79 Å². The van der Waals surface area contributed by atoms with Gasteiger partial charge in [0.15, 0.2) is 16.3 Å². The van der Waals surface area contributed by atoms with Crippen molar-refractivity contribution in [3.8, 4) is 11.5 Å². The van der Waals surface area contributed by atoms with Gasteiger partial charge in [-0.2, -0.15) is 16.8 Å². The molecule has 30 heavy (non-hydrogen) atoms. The Morgan fingerprint density at radius 1 is 1.33 bits per heavy atom. The van der Waals surface area contributed by atoms with Crippen LogP contribution in [0.3, 0.4) is 0 Å². The molecule has 3 aromatic rings. The number of benzene rings is 2. The van der Waals surface area contributed by atoms with Gasteiger partial charge in [-0.15, -0.1) is 0 Å². The summed E-state index contributed by atoms with van der Waals surface area (Å²) >= 11 is 3.11. The lowest BCUT2D eigenvalue weighted by Gasteiger charge is -2.04. The third-order valence-corrected chi connectivity index (χ3v) is 6.03. The Hall–Kier alpha value is -3.11. The van der Waals surface area contributed by atoms with Crippen molar-refractivity contribution in [1.29, 1.82) is 0 Å². The quantitative estimate of drug-likeness (QED) is 0.326. The van der Waals surface area contributed by atoms with Crippen LogP contribution in [0.1, 0.15) is 5.56 Å². The standard InChI is InChI=1S/C20H17N3O5S2/c1-29-8-7-22-15-10-16-17(28-12-27-16)11-18(15)30-20(22)21-19(24)6-5-13-3-2-4-14(9-13)23(25)26/h2-6,9-11H,7-8,12H2,1H3/b6-5+,21-20?. The van der Waals surface area contributed by atoms with Crippen molar-refractivity contribution in [2.24, 2.45) is 4.99 Å². The van der Waals surface area contributed by atoms with Gasteiger partial charge in [-0.1, -0.05) is 23.5 Å². The number of carbonyl (C=O) groups is 1. The highest BCUT2D eigenvalue weighted by atomic mass is 32.2. The highest BCUT2D eigenvalue weighted by molar-refractivity contribution is 7.98. The van der Waals surface area contributed by atoms with Gasteiger partial charge in [-0.3, -0.25) is 14.9 Å². The number of non-ortho nitro benzene ring substituents is 1. The number of nitrogens with zero attached hydrogens (tertiary/aromatic N) is 3. The highest BCUT2D eigenvalue weighted by Crippen LogP contribution is 2.37. The monoisotopic (exact) mass is 443 g/mol. The maximum absolute atomic E-state index is 12.5. The van der Waals surface area contributed by atoms with Crippen LogP contribution in [0.4, 0.5) is 5.69 Å². The van der Waals surface area contributed by atoms with Gasteiger partial charge in [0, 0.05) is 42.6 Å². The molecule has 0 fully saturated rings. The molecule has 8 nitrogen and oxygen atoms in total. The average molecular weight is 444 g/mol. The van der Waals surface area contributed by atoms with Crippen LogP contribution in [-0.4, -0.2) is 34.2 Å². The Bertz CT molecular complexity index is 1230. The zero-order valence-corrected chi connectivity index (χ0v) is 17.6. The number of hydrogen-bond donors (Lipinski definition) is 0. The number of thioether (sulfide) groups is 1. The molecular formula is C20H17N3O5S2. The molecule has 0 aliphatic carbocycles. The van der Waals surface area contributed by atoms with E-state index in [-0.39, 0.29) is 12.5 Å². The Balaban J connectivity index is 1.68. The summed E-state index contributed by atoms with van der Waals surface area (Å²) in [5.41, 5.74) is 1.47. The normalized spacial score (nSPS) is 13.4. The molecule has 0 N–H and O–H groups in total. The topological polar surface area (TPSA) is 96.0 Å². The molecule has 0 saturated carbocycles. The van der Waals surface area contributed by atoms with Crippen molar-refractivity contribution in [1.82, 2.24) is 4.57 Å². The van der Waals surface area contributed by atoms with Crippen LogP contribution in [-0.2, 0) is 11.3 Å². The first-order valence-corrected chi connectivity index (χ1v) is 11.2. The minimum Gasteiger partial charge on any atom is -0.454 e. The first-order chi connectivity index (χ1) is 14.5. The number of fused-ring (bicyclic) bond motifs is 2. The molecule has 2 aromatic carbocycles. The summed E-state index contributed by atoms with van der Waals surface area (Å²) in [5.74, 6) is 1.79. The molecule has 0 spiro atoms. The lowest BCUT2D eigenvalue weighted by atomic mass is 10.2. The van der Waals surface area contributed by atoms with Crippen LogP contribution in [0.5, 0.6) is 11.5 Å². The smallest absolute Gasteiger partial charge is 0.272 e. The Labute approximate surface area is 179 Å². The van der Waals surface area contributed by atoms with E-state index in [1.165, 1.54) is 35.6 Å². The molecule has 0 unspecified atom stereocenters. The van der Waals surface area contributed by atoms with Gasteiger partial charge in [0.1, 0.15) is 0 Å². The van der Waals surface area contributed by atoms with E-state index in [2.05, 4.69) is 4.99 Å². The zero-order chi connectivity index (χ0) is 21.1. The number of ether oxygens (including phenoxy) is 2. The predicted molar refractivity (Wildman–Crippen MR) is 117 cm³/mol. The average Bonchev–Trinajstić information content (AvgIpc) is 3.32. The van der Waals surface area contributed by atoms with E-state index in [4.69, 9.17) is 9.47 Å². The number of rotatable bonds is 6. The summed E-state index contributed by atoms with van der Waals surface area (Å²) in [7, 11) is 0. The van der Waals surface area contributed by atoms with Gasteiger partial charge < -0.3 is 14.0 Å². The SMILES string of the molecule is CSCCn1c(=NC(=O)/C=C/c2cccc([N+](=O)[O-])c2)sc2cc3c(cc21)OCO3. The molecule has 0 atom stereocenters. The van der Waals surface area contributed by atoms with Crippen LogP contribution in [0.15, 0.2) is 47.5 Å². The van der Waals surface area contributed by atoms with Crippen molar-refractivity contribution in [3.63, 3.8) is 0 Å². The molecule has 0 bridgehead atoms. The first kappa shape index (κ1) is 20.2. The number of aromatic nitrogens is 1. The fraction of sp³-hybridized carbons (Fsp3) is 0.200. The number of carbonyl (C=O) groups excluding carboxylic acids is 1. The van der Waals surface area contributed by atoms with Gasteiger partial charge in [0.05, 0.1) is 15.1 Å². The van der Waals surface area contributed by atoms with E-state index in [0.717, 1.165) is 16.0 Å². The van der Waals surface area contributed by atoms with Gasteiger partial charge in [-0.05, 0) is 17.9 Å². The van der Waals surface area contributed by atoms with Crippen LogP contribution in [0, 0.1) is 10.1 Å². The minimum absolute atomic E-state index is 0.0292. The molecule has 1 aliphatic rings. The van der Waals surface area contributed by atoms with Crippen LogP contribution in [0.2, 0.25) is 0 Å². The molecule has 2 heterocycles. The predicted octanol–water partition coefficient (Wildman–Crippen LogP) is 3.84. The molecule has 1 aromatic heterocycles. The Morgan fingerprint density at radius 3 is 2.90 bits per heavy atom. The number of amides is 1. The number of nitro groups is 1. The summed E-state index contributed by atoms with van der Waals surface area (Å²) in [6, 6.07) is 9.89. The Kier molecular flexibility index (Phi) is 5.86. The van der Waals surface area contributed by atoms with Crippen molar-refractivity contribution in [2.45, 2.75) is 6.54 Å². The van der Waals surface area contributed by atoms with E-state index in [1.807, 2.05) is 23.0 Å². The summed E-state index contributed by atoms with van der Waals surface area (Å²) in [6.07, 6.45) is 4.86. The van der Waals surface area contributed by atoms with E-state index in [9.17, 15) is 14.9 Å². The number of hydrogen-bond acceptors (Lipinski definition) is 7. The molecule has 1 amide bonds. The second-order valence-corrected chi connectivity index (χ2v) is 8.33. The maximum Gasteiger partial charge on any atom is 0.272 e. The van der Waals surface area contributed by atoms with Gasteiger partial charge in [0.25, 0.3) is 11.6 Å². The molecule has 0 radical (unpaired) electrons. The van der Waals surface area contributed by atoms with E-state index >= 15 is 0 Å². The highest BCUT2D eigenvalue weighted by Gasteiger charge is 2.17. The zero-order valence-electron chi connectivity index (χ0n) is 15.9. The fourth-order valence-corrected chi connectivity index (χ4v) is 4.42. The molecule has 154 valence electrons. The van der Waals surface area contributed by atoms with Gasteiger partial charge >= 0.3 is 0 Å². The summed E-state index contributed by atoms with van der Waals surface area (Å²) in [4.78, 5) is 27.7. The van der Waals surface area contributed by atoms with Gasteiger partial charge in [-0.25, -0.2) is 0 Å². The largest absolute Gasteiger partial charge is 0.454 e. The third kappa shape index (κ3) is 4.24. The molecule has 1 aliphatic heterocycles. The summed E-state index contributed by atoms with van der Waals surface area (Å²) < 4.78 is 13.9. The minimum atomic E-state index is -0.472. The first-order valence-electron chi connectivity index (χ1n) is 8.98. The van der Waals surface area contributed by atoms with E-state index in [1.54, 1.807) is 23.9 Å². The number of aryl methyl sites for hydroxylation is 1. The molecular weight excluding hydrogens is 426 g/mol. The number of thiazole rings is 1. The summed E-state index contributed by atoms with van der Waals surface area (Å²) in [5, 5.41) is 10.9. The summed E-state index contributed by atoms with van der Waals surface area (Å²) in [6.45, 7) is 0.900. The van der Waals surface area contributed by atoms with E-state index < -0.39 is 10.8 Å². The number of nitro benzene ring substituents is 1. The van der Waals surface area contributed by atoms with Crippen LogP contribution in [0.25, 0.3) is 16.3 Å². The van der Waals surface area contributed by atoms with Crippen molar-refractivity contribution >= 4 is 51.0 Å². The van der Waals surface area contributed by atoms with Crippen molar-refractivity contribution in [3.05, 3.63) is 63.0 Å². The second kappa shape index (κ2) is 8.72. The molecule has 10 heteroatoms. The van der Waals surface area contributed by atoms with E-state index in [0.29, 0.717) is 28.4 Å². The molecule has 4 rings (SSSR count). The van der Waals surface area contributed by atoms with Crippen LogP contribution >= 0.6 is 23.1 Å². The molecule has 0 saturated heterocycles. The third-order valence-electron chi connectivity index (χ3n) is 4.40. The fourth-order valence-electron chi connectivity index (χ4n) is 2.98. The lowest BCUT2D eigenvalue weighted by Crippen LogP contribution is -2.17. The van der Waals surface area contributed by atoms with Crippen LogP contribution < -0.4 is 14.3 Å². The Morgan fingerprint density at radius 2 is 2.13 bits per heavy atom. The lowest BCUT2D eigenvalue weighted by molar-refractivity contribution is -0.384.